The minimum atomic E-state index is 0.644. The topological polar surface area (TPSA) is 66.6 Å². The fraction of sp³-hybridized carbons (Fsp3) is 0.818. The van der Waals surface area contributed by atoms with Gasteiger partial charge in [0.25, 0.3) is 0 Å². The average Bonchev–Trinajstić information content (AvgIpc) is 2.39. The molecule has 0 saturated carbocycles. The predicted molar refractivity (Wildman–Crippen MR) is 85.6 cm³/mol. The van der Waals surface area contributed by atoms with E-state index in [1.54, 1.807) is 14.2 Å². The molecule has 0 aliphatic heterocycles. The summed E-state index contributed by atoms with van der Waals surface area (Å²) in [5, 5.41) is 13.6. The van der Waals surface area contributed by atoms with Crippen molar-refractivity contribution in [2.45, 2.75) is 6.42 Å². The fourth-order valence-electron chi connectivity index (χ4n) is 1.15. The Balaban J connectivity index is 3.29. The molecule has 0 unspecified atom stereocenters. The lowest BCUT2D eigenvalue weighted by atomic mass is 10.4. The molecule has 0 aromatic rings. The van der Waals surface area contributed by atoms with E-state index in [2.05, 4.69) is 21.3 Å². The highest BCUT2D eigenvalue weighted by Gasteiger charge is 1.96. The van der Waals surface area contributed by atoms with E-state index in [-0.39, 0.29) is 0 Å². The van der Waals surface area contributed by atoms with Crippen LogP contribution in [0.4, 0.5) is 0 Å². The number of nitrogens with one attached hydrogen (secondary N) is 4. The second kappa shape index (κ2) is 13.7. The van der Waals surface area contributed by atoms with Gasteiger partial charge in [-0.05, 0) is 30.9 Å². The van der Waals surface area contributed by atoms with Crippen LogP contribution < -0.4 is 21.3 Å². The summed E-state index contributed by atoms with van der Waals surface area (Å²) < 4.78 is 9.82. The predicted octanol–water partition coefficient (Wildman–Crippen LogP) is -0.402. The minimum Gasteiger partial charge on any atom is -0.383 e. The van der Waals surface area contributed by atoms with Crippen molar-refractivity contribution in [2.75, 3.05) is 53.6 Å². The molecule has 0 aliphatic carbocycles. The summed E-state index contributed by atoms with van der Waals surface area (Å²) in [7, 11) is 3.32. The Hall–Kier alpha value is -0.700. The van der Waals surface area contributed by atoms with Gasteiger partial charge in [0, 0.05) is 40.4 Å². The second-order valence-electron chi connectivity index (χ2n) is 3.70. The molecule has 0 amide bonds. The molecule has 112 valence electrons. The van der Waals surface area contributed by atoms with E-state index >= 15 is 0 Å². The molecule has 0 atom stereocenters. The maximum absolute atomic E-state index is 5.09. The molecule has 0 saturated heterocycles. The van der Waals surface area contributed by atoms with Gasteiger partial charge in [0.05, 0.1) is 13.2 Å². The lowest BCUT2D eigenvalue weighted by Crippen LogP contribution is -2.40. The van der Waals surface area contributed by atoms with Crippen LogP contribution in [0.5, 0.6) is 0 Å². The van der Waals surface area contributed by atoms with Crippen molar-refractivity contribution in [2.24, 2.45) is 0 Å². The summed E-state index contributed by atoms with van der Waals surface area (Å²) in [6.45, 7) is 4.32. The summed E-state index contributed by atoms with van der Waals surface area (Å²) in [6.07, 6.45) is 0.929. The van der Waals surface area contributed by atoms with Crippen molar-refractivity contribution < 1.29 is 9.47 Å². The van der Waals surface area contributed by atoms with Gasteiger partial charge >= 0.3 is 0 Å². The molecule has 0 aromatic carbocycles. The highest BCUT2D eigenvalue weighted by atomic mass is 32.1. The lowest BCUT2D eigenvalue weighted by molar-refractivity contribution is 0.204. The minimum absolute atomic E-state index is 0.644. The van der Waals surface area contributed by atoms with E-state index < -0.39 is 0 Å². The average molecular weight is 308 g/mol. The van der Waals surface area contributed by atoms with Crippen LogP contribution in [0.25, 0.3) is 0 Å². The maximum atomic E-state index is 5.09. The number of methoxy groups -OCH3 is 2. The van der Waals surface area contributed by atoms with Gasteiger partial charge in [0.2, 0.25) is 0 Å². The summed E-state index contributed by atoms with van der Waals surface area (Å²) in [4.78, 5) is 0. The van der Waals surface area contributed by atoms with Crippen LogP contribution in [-0.4, -0.2) is 63.8 Å². The molecule has 0 aliphatic rings. The molecular weight excluding hydrogens is 284 g/mol. The SMILES string of the molecule is COCCNC(=S)NCCCNC(=S)NCCOC. The van der Waals surface area contributed by atoms with Crippen LogP contribution >= 0.6 is 24.4 Å². The molecule has 0 radical (unpaired) electrons. The maximum Gasteiger partial charge on any atom is 0.166 e. The van der Waals surface area contributed by atoms with Gasteiger partial charge in [-0.3, -0.25) is 0 Å². The second-order valence-corrected chi connectivity index (χ2v) is 4.52. The van der Waals surface area contributed by atoms with Crippen molar-refractivity contribution in [1.29, 1.82) is 0 Å². The smallest absolute Gasteiger partial charge is 0.166 e. The standard InChI is InChI=1S/C11H24N4O2S2/c1-16-8-6-14-10(18)12-4-3-5-13-11(19)15-7-9-17-2/h3-9H2,1-2H3,(H2,12,14,18)(H2,13,15,19). The van der Waals surface area contributed by atoms with Gasteiger partial charge in [0.15, 0.2) is 10.2 Å². The molecule has 0 aromatic heterocycles. The summed E-state index contributed by atoms with van der Waals surface area (Å²) in [5.41, 5.74) is 0. The first-order chi connectivity index (χ1) is 9.20. The van der Waals surface area contributed by atoms with E-state index in [0.717, 1.165) is 19.5 Å². The Morgan fingerprint density at radius 3 is 1.47 bits per heavy atom. The monoisotopic (exact) mass is 308 g/mol. The first-order valence-electron chi connectivity index (χ1n) is 6.22. The summed E-state index contributed by atoms with van der Waals surface area (Å²) in [6, 6.07) is 0. The van der Waals surface area contributed by atoms with Crippen molar-refractivity contribution in [3.63, 3.8) is 0 Å². The van der Waals surface area contributed by atoms with Gasteiger partial charge in [-0.15, -0.1) is 0 Å². The Kier molecular flexibility index (Phi) is 13.2. The fourth-order valence-corrected chi connectivity index (χ4v) is 1.56. The Morgan fingerprint density at radius 2 is 1.11 bits per heavy atom. The Morgan fingerprint density at radius 1 is 0.737 bits per heavy atom. The molecule has 0 bridgehead atoms. The molecule has 0 fully saturated rings. The molecule has 0 spiro atoms. The Labute approximate surface area is 126 Å². The van der Waals surface area contributed by atoms with Crippen LogP contribution in [0.1, 0.15) is 6.42 Å². The molecular formula is C11H24N4O2S2. The van der Waals surface area contributed by atoms with Gasteiger partial charge in [-0.1, -0.05) is 0 Å². The third-order valence-electron chi connectivity index (χ3n) is 2.11. The van der Waals surface area contributed by atoms with E-state index in [1.165, 1.54) is 0 Å². The summed E-state index contributed by atoms with van der Waals surface area (Å²) >= 11 is 10.2. The Bertz CT molecular complexity index is 231. The van der Waals surface area contributed by atoms with Gasteiger partial charge < -0.3 is 30.7 Å². The number of thiocarbonyl (C=S) groups is 2. The van der Waals surface area contributed by atoms with E-state index in [4.69, 9.17) is 33.9 Å². The van der Waals surface area contributed by atoms with Crippen molar-refractivity contribution in [3.05, 3.63) is 0 Å². The van der Waals surface area contributed by atoms with Crippen LogP contribution in [0.2, 0.25) is 0 Å². The molecule has 4 N–H and O–H groups in total. The number of hydrogen-bond acceptors (Lipinski definition) is 4. The van der Waals surface area contributed by atoms with Crippen LogP contribution in [0, 0.1) is 0 Å². The van der Waals surface area contributed by atoms with Crippen molar-refractivity contribution in [3.8, 4) is 0 Å². The molecule has 8 heteroatoms. The largest absolute Gasteiger partial charge is 0.383 e. The number of rotatable bonds is 10. The first kappa shape index (κ1) is 18.3. The molecule has 0 heterocycles. The number of hydrogen-bond donors (Lipinski definition) is 4. The molecule has 0 rings (SSSR count). The number of ether oxygens (including phenoxy) is 2. The van der Waals surface area contributed by atoms with Gasteiger partial charge in [-0.25, -0.2) is 0 Å². The lowest BCUT2D eigenvalue weighted by Gasteiger charge is -2.12. The van der Waals surface area contributed by atoms with E-state index in [1.807, 2.05) is 0 Å². The molecule has 19 heavy (non-hydrogen) atoms. The summed E-state index contributed by atoms with van der Waals surface area (Å²) in [5.74, 6) is 0. The zero-order chi connectivity index (χ0) is 14.3. The van der Waals surface area contributed by atoms with Crippen LogP contribution in [-0.2, 0) is 9.47 Å². The van der Waals surface area contributed by atoms with Crippen LogP contribution in [0.3, 0.4) is 0 Å². The zero-order valence-electron chi connectivity index (χ0n) is 11.6. The zero-order valence-corrected chi connectivity index (χ0v) is 13.2. The van der Waals surface area contributed by atoms with E-state index in [9.17, 15) is 0 Å². The third-order valence-corrected chi connectivity index (χ3v) is 2.69. The highest BCUT2D eigenvalue weighted by Crippen LogP contribution is 1.77. The highest BCUT2D eigenvalue weighted by molar-refractivity contribution is 7.80. The third kappa shape index (κ3) is 13.5. The van der Waals surface area contributed by atoms with Crippen molar-refractivity contribution in [1.82, 2.24) is 21.3 Å². The quantitative estimate of drug-likeness (QED) is 0.321. The normalized spacial score (nSPS) is 9.79. The first-order valence-corrected chi connectivity index (χ1v) is 7.03. The van der Waals surface area contributed by atoms with Crippen molar-refractivity contribution >= 4 is 34.7 Å². The van der Waals surface area contributed by atoms with Gasteiger partial charge in [-0.2, -0.15) is 0 Å². The van der Waals surface area contributed by atoms with Crippen LogP contribution in [0.15, 0.2) is 0 Å². The molecule has 6 nitrogen and oxygen atoms in total. The van der Waals surface area contributed by atoms with E-state index in [0.29, 0.717) is 36.5 Å². The van der Waals surface area contributed by atoms with Gasteiger partial charge in [0.1, 0.15) is 0 Å².